The Morgan fingerprint density at radius 2 is 1.89 bits per heavy atom. The lowest BCUT2D eigenvalue weighted by Crippen LogP contribution is -2.12. The molecule has 98 valence electrons. The van der Waals surface area contributed by atoms with Crippen molar-refractivity contribution >= 4 is 28.9 Å². The number of halogens is 2. The van der Waals surface area contributed by atoms with Crippen LogP contribution >= 0.6 is 11.3 Å². The van der Waals surface area contributed by atoms with Crippen LogP contribution in [0.4, 0.5) is 14.5 Å². The number of hydrogen-bond donors (Lipinski definition) is 2. The molecule has 2 rings (SSSR count). The predicted molar refractivity (Wildman–Crippen MR) is 63.4 cm³/mol. The van der Waals surface area contributed by atoms with Crippen LogP contribution in [0.5, 0.6) is 0 Å². The van der Waals surface area contributed by atoms with Crippen LogP contribution < -0.4 is 5.32 Å². The van der Waals surface area contributed by atoms with Gasteiger partial charge in [-0.25, -0.2) is 13.6 Å². The Hall–Kier alpha value is -2.35. The lowest BCUT2D eigenvalue weighted by Gasteiger charge is -2.06. The third kappa shape index (κ3) is 2.74. The second-order valence-electron chi connectivity index (χ2n) is 3.44. The van der Waals surface area contributed by atoms with Gasteiger partial charge in [0.1, 0.15) is 22.1 Å². The quantitative estimate of drug-likeness (QED) is 0.906. The van der Waals surface area contributed by atoms with Crippen molar-refractivity contribution in [2.75, 3.05) is 5.32 Å². The second-order valence-corrected chi connectivity index (χ2v) is 4.33. The van der Waals surface area contributed by atoms with Crippen molar-refractivity contribution in [3.05, 3.63) is 45.9 Å². The van der Waals surface area contributed by atoms with Crippen LogP contribution in [-0.4, -0.2) is 22.0 Å². The molecule has 0 fully saturated rings. The summed E-state index contributed by atoms with van der Waals surface area (Å²) in [6, 6.07) is 1.48. The summed E-state index contributed by atoms with van der Waals surface area (Å²) in [5, 5.41) is 10.8. The Bertz CT molecular complexity index is 620. The van der Waals surface area contributed by atoms with Gasteiger partial charge in [-0.05, 0) is 12.1 Å². The number of carboxylic acids is 1. The van der Waals surface area contributed by atoms with E-state index in [-0.39, 0.29) is 10.6 Å². The Morgan fingerprint density at radius 1 is 1.26 bits per heavy atom. The molecule has 0 bridgehead atoms. The third-order valence-electron chi connectivity index (χ3n) is 2.17. The molecule has 1 heterocycles. The summed E-state index contributed by atoms with van der Waals surface area (Å²) in [5.74, 6) is -4.81. The molecular formula is C11H6F2N2O3S. The fourth-order valence-corrected chi connectivity index (χ4v) is 1.89. The van der Waals surface area contributed by atoms with E-state index < -0.39 is 29.1 Å². The molecule has 1 amide bonds. The van der Waals surface area contributed by atoms with E-state index >= 15 is 0 Å². The number of aromatic carboxylic acids is 1. The highest BCUT2D eigenvalue weighted by atomic mass is 32.1. The van der Waals surface area contributed by atoms with E-state index in [1.54, 1.807) is 0 Å². The Balaban J connectivity index is 2.28. The number of carboxylic acid groups (broad SMARTS) is 1. The number of anilines is 1. The number of thiazole rings is 1. The molecule has 0 aliphatic carbocycles. The van der Waals surface area contributed by atoms with Gasteiger partial charge in [0.25, 0.3) is 5.91 Å². The maximum atomic E-state index is 13.4. The fourth-order valence-electron chi connectivity index (χ4n) is 1.37. The topological polar surface area (TPSA) is 79.3 Å². The van der Waals surface area contributed by atoms with E-state index in [0.717, 1.165) is 23.5 Å². The molecule has 0 saturated carbocycles. The maximum Gasteiger partial charge on any atom is 0.341 e. The normalized spacial score (nSPS) is 10.2. The molecule has 2 N–H and O–H groups in total. The summed E-state index contributed by atoms with van der Waals surface area (Å²) in [5.41, 5.74) is 0.207. The zero-order chi connectivity index (χ0) is 14.0. The Morgan fingerprint density at radius 3 is 2.37 bits per heavy atom. The number of nitrogens with one attached hydrogen (secondary N) is 1. The first kappa shape index (κ1) is 13.1. The van der Waals surface area contributed by atoms with Crippen LogP contribution in [0.25, 0.3) is 0 Å². The highest BCUT2D eigenvalue weighted by Crippen LogP contribution is 2.20. The summed E-state index contributed by atoms with van der Waals surface area (Å²) in [6.45, 7) is 0. The number of hydrogen-bond acceptors (Lipinski definition) is 4. The lowest BCUT2D eigenvalue weighted by molar-refractivity contribution is 0.0686. The standard InChI is InChI=1S/C11H6F2N2O3S/c12-6-1-5(2-7(13)9(6)11(17)18)15-10(16)8-3-14-4-19-8/h1-4H,(H,15,16)(H,17,18). The average molecular weight is 284 g/mol. The van der Waals surface area contributed by atoms with E-state index in [4.69, 9.17) is 5.11 Å². The van der Waals surface area contributed by atoms with Crippen LogP contribution in [0.1, 0.15) is 20.0 Å². The van der Waals surface area contributed by atoms with Crippen LogP contribution in [0, 0.1) is 11.6 Å². The first-order valence-corrected chi connectivity index (χ1v) is 5.79. The Labute approximate surface area is 109 Å². The fraction of sp³-hybridized carbons (Fsp3) is 0. The summed E-state index contributed by atoms with van der Waals surface area (Å²) < 4.78 is 26.7. The second kappa shape index (κ2) is 5.11. The molecule has 0 saturated heterocycles. The first-order chi connectivity index (χ1) is 8.99. The van der Waals surface area contributed by atoms with Gasteiger partial charge in [0.2, 0.25) is 0 Å². The number of carbonyl (C=O) groups is 2. The summed E-state index contributed by atoms with van der Waals surface area (Å²) >= 11 is 1.06. The zero-order valence-corrected chi connectivity index (χ0v) is 10.0. The number of aromatic nitrogens is 1. The summed E-state index contributed by atoms with van der Waals surface area (Å²) in [4.78, 5) is 26.2. The van der Waals surface area contributed by atoms with Gasteiger partial charge in [0, 0.05) is 5.69 Å². The van der Waals surface area contributed by atoms with Crippen molar-refractivity contribution in [3.8, 4) is 0 Å². The summed E-state index contributed by atoms with van der Waals surface area (Å²) in [7, 11) is 0. The van der Waals surface area contributed by atoms with Crippen molar-refractivity contribution in [2.45, 2.75) is 0 Å². The SMILES string of the molecule is O=C(Nc1cc(F)c(C(=O)O)c(F)c1)c1cncs1. The van der Waals surface area contributed by atoms with E-state index in [0.29, 0.717) is 0 Å². The van der Waals surface area contributed by atoms with Gasteiger partial charge in [-0.1, -0.05) is 0 Å². The largest absolute Gasteiger partial charge is 0.477 e. The van der Waals surface area contributed by atoms with Crippen molar-refractivity contribution in [3.63, 3.8) is 0 Å². The van der Waals surface area contributed by atoms with Crippen LogP contribution in [0.2, 0.25) is 0 Å². The molecule has 0 atom stereocenters. The smallest absolute Gasteiger partial charge is 0.341 e. The monoisotopic (exact) mass is 284 g/mol. The molecule has 0 aliphatic rings. The number of nitrogens with zero attached hydrogens (tertiary/aromatic N) is 1. The van der Waals surface area contributed by atoms with E-state index in [2.05, 4.69) is 10.3 Å². The highest BCUT2D eigenvalue weighted by Gasteiger charge is 2.18. The molecule has 1 aromatic carbocycles. The van der Waals surface area contributed by atoms with Gasteiger partial charge in [-0.2, -0.15) is 0 Å². The number of amides is 1. The molecular weight excluding hydrogens is 278 g/mol. The molecule has 2 aromatic rings. The number of rotatable bonds is 3. The van der Waals surface area contributed by atoms with Crippen molar-refractivity contribution < 1.29 is 23.5 Å². The third-order valence-corrected chi connectivity index (χ3v) is 2.94. The number of benzene rings is 1. The minimum absolute atomic E-state index is 0.168. The molecule has 5 nitrogen and oxygen atoms in total. The molecule has 0 unspecified atom stereocenters. The van der Waals surface area contributed by atoms with Gasteiger partial charge in [-0.15, -0.1) is 11.3 Å². The van der Waals surface area contributed by atoms with Crippen molar-refractivity contribution in [2.24, 2.45) is 0 Å². The molecule has 0 radical (unpaired) electrons. The van der Waals surface area contributed by atoms with Gasteiger partial charge in [-0.3, -0.25) is 9.78 Å². The van der Waals surface area contributed by atoms with Gasteiger partial charge < -0.3 is 10.4 Å². The summed E-state index contributed by atoms with van der Waals surface area (Å²) in [6.07, 6.45) is 1.30. The van der Waals surface area contributed by atoms with Gasteiger partial charge in [0.15, 0.2) is 0 Å². The lowest BCUT2D eigenvalue weighted by atomic mass is 10.1. The molecule has 0 aliphatic heterocycles. The van der Waals surface area contributed by atoms with Crippen LogP contribution in [-0.2, 0) is 0 Å². The average Bonchev–Trinajstić information content (AvgIpc) is 2.80. The van der Waals surface area contributed by atoms with E-state index in [1.807, 2.05) is 0 Å². The molecule has 1 aromatic heterocycles. The highest BCUT2D eigenvalue weighted by molar-refractivity contribution is 7.11. The zero-order valence-electron chi connectivity index (χ0n) is 9.18. The van der Waals surface area contributed by atoms with Gasteiger partial charge in [0.05, 0.1) is 11.7 Å². The van der Waals surface area contributed by atoms with Crippen molar-refractivity contribution in [1.29, 1.82) is 0 Å². The molecule has 8 heteroatoms. The van der Waals surface area contributed by atoms with Crippen LogP contribution in [0.15, 0.2) is 23.8 Å². The van der Waals surface area contributed by atoms with Crippen LogP contribution in [0.3, 0.4) is 0 Å². The molecule has 0 spiro atoms. The van der Waals surface area contributed by atoms with E-state index in [9.17, 15) is 18.4 Å². The minimum atomic E-state index is -1.71. The molecule has 19 heavy (non-hydrogen) atoms. The minimum Gasteiger partial charge on any atom is -0.477 e. The van der Waals surface area contributed by atoms with Crippen molar-refractivity contribution in [1.82, 2.24) is 4.98 Å². The number of carbonyl (C=O) groups excluding carboxylic acids is 1. The maximum absolute atomic E-state index is 13.4. The van der Waals surface area contributed by atoms with E-state index in [1.165, 1.54) is 11.7 Å². The van der Waals surface area contributed by atoms with Gasteiger partial charge >= 0.3 is 5.97 Å². The predicted octanol–water partition coefficient (Wildman–Crippen LogP) is 2.37. The Kier molecular flexibility index (Phi) is 3.52. The first-order valence-electron chi connectivity index (χ1n) is 4.91.